The highest BCUT2D eigenvalue weighted by Gasteiger charge is 2.46. The maximum atomic E-state index is 13.1. The fourth-order valence-electron chi connectivity index (χ4n) is 5.99. The normalized spacial score (nSPS) is 26.0. The van der Waals surface area contributed by atoms with Gasteiger partial charge in [-0.15, -0.1) is 0 Å². The summed E-state index contributed by atoms with van der Waals surface area (Å²) in [7, 11) is 0. The van der Waals surface area contributed by atoms with Crippen molar-refractivity contribution in [2.75, 3.05) is 18.4 Å². The lowest BCUT2D eigenvalue weighted by Crippen LogP contribution is -2.30. The van der Waals surface area contributed by atoms with E-state index >= 15 is 0 Å². The van der Waals surface area contributed by atoms with E-state index in [0.29, 0.717) is 5.82 Å². The number of carbonyl (C=O) groups excluding carboxylic acids is 2. The second-order valence-electron chi connectivity index (χ2n) is 11.0. The molecule has 1 N–H and O–H groups in total. The van der Waals surface area contributed by atoms with Gasteiger partial charge in [-0.2, -0.15) is 5.10 Å². The minimum absolute atomic E-state index is 0.0188. The molecular formula is C25H33N5O2. The third-order valence-electron chi connectivity index (χ3n) is 7.77. The van der Waals surface area contributed by atoms with Crippen LogP contribution in [0.1, 0.15) is 57.7 Å². The number of aryl methyl sites for hydroxylation is 1. The van der Waals surface area contributed by atoms with Crippen molar-refractivity contribution in [2.24, 2.45) is 16.7 Å². The lowest BCUT2D eigenvalue weighted by molar-refractivity contribution is -0.128. The molecule has 2 amide bonds. The Morgan fingerprint density at radius 1 is 1.16 bits per heavy atom. The monoisotopic (exact) mass is 435 g/mol. The second-order valence-corrected chi connectivity index (χ2v) is 11.0. The lowest BCUT2D eigenvalue weighted by atomic mass is 9.84. The van der Waals surface area contributed by atoms with Crippen molar-refractivity contribution in [3.8, 4) is 11.1 Å². The van der Waals surface area contributed by atoms with E-state index in [2.05, 4.69) is 40.9 Å². The van der Waals surface area contributed by atoms with Gasteiger partial charge in [-0.25, -0.2) is 4.98 Å². The lowest BCUT2D eigenvalue weighted by Gasteiger charge is -2.23. The van der Waals surface area contributed by atoms with Crippen LogP contribution in [0.3, 0.4) is 0 Å². The topological polar surface area (TPSA) is 80.1 Å². The summed E-state index contributed by atoms with van der Waals surface area (Å²) >= 11 is 0. The minimum Gasteiger partial charge on any atom is -0.342 e. The predicted octanol–water partition coefficient (Wildman–Crippen LogP) is 3.81. The summed E-state index contributed by atoms with van der Waals surface area (Å²) in [5.41, 5.74) is 4.90. The molecule has 1 aliphatic carbocycles. The molecule has 0 bridgehead atoms. The van der Waals surface area contributed by atoms with Crippen molar-refractivity contribution >= 4 is 17.6 Å². The summed E-state index contributed by atoms with van der Waals surface area (Å²) < 4.78 is 2.11. The van der Waals surface area contributed by atoms with Gasteiger partial charge in [0.05, 0.1) is 6.20 Å². The first kappa shape index (κ1) is 21.2. The highest BCUT2D eigenvalue weighted by molar-refractivity contribution is 5.92. The summed E-state index contributed by atoms with van der Waals surface area (Å²) in [5, 5.41) is 7.68. The average Bonchev–Trinajstić information content (AvgIpc) is 3.48. The van der Waals surface area contributed by atoms with Crippen LogP contribution in [-0.2, 0) is 22.6 Å². The number of amides is 2. The number of carbonyl (C=O) groups is 2. The fourth-order valence-corrected chi connectivity index (χ4v) is 5.99. The zero-order chi connectivity index (χ0) is 22.7. The smallest absolute Gasteiger partial charge is 0.228 e. The van der Waals surface area contributed by atoms with Gasteiger partial charge in [-0.1, -0.05) is 13.8 Å². The third kappa shape index (κ3) is 3.71. The number of pyridine rings is 1. The van der Waals surface area contributed by atoms with Gasteiger partial charge in [0.25, 0.3) is 0 Å². The van der Waals surface area contributed by atoms with Crippen LogP contribution in [0.25, 0.3) is 11.1 Å². The van der Waals surface area contributed by atoms with Crippen LogP contribution in [-0.4, -0.2) is 44.6 Å². The highest BCUT2D eigenvalue weighted by atomic mass is 16.2. The predicted molar refractivity (Wildman–Crippen MR) is 123 cm³/mol. The van der Waals surface area contributed by atoms with Gasteiger partial charge in [0.15, 0.2) is 0 Å². The van der Waals surface area contributed by atoms with Crippen LogP contribution < -0.4 is 5.32 Å². The van der Waals surface area contributed by atoms with Gasteiger partial charge in [0.1, 0.15) is 5.82 Å². The van der Waals surface area contributed by atoms with E-state index in [-0.39, 0.29) is 28.6 Å². The van der Waals surface area contributed by atoms with E-state index < -0.39 is 0 Å². The summed E-state index contributed by atoms with van der Waals surface area (Å²) in [6.07, 6.45) is 8.53. The Labute approximate surface area is 189 Å². The second kappa shape index (κ2) is 7.42. The Balaban J connectivity index is 1.31. The van der Waals surface area contributed by atoms with E-state index in [1.807, 2.05) is 23.4 Å². The standard InChI is InChI=1S/C25H33N5O2/c1-16-12-26-22(9-19(16)20-13-27-30-14-24(3,4)11-21(20)30)28-23(32)18-5-6-25(10-18)7-8-29(15-25)17(2)31/h9,12-13,18H,5-8,10-11,14-15H2,1-4H3,(H,26,28,32)/t18-,25-/m0/s1. The summed E-state index contributed by atoms with van der Waals surface area (Å²) in [5.74, 6) is 0.771. The van der Waals surface area contributed by atoms with Crippen LogP contribution in [0.5, 0.6) is 0 Å². The van der Waals surface area contributed by atoms with Crippen LogP contribution in [0.4, 0.5) is 5.82 Å². The molecule has 3 aliphatic rings. The minimum atomic E-state index is -0.0188. The molecule has 170 valence electrons. The van der Waals surface area contributed by atoms with Crippen LogP contribution in [0.2, 0.25) is 0 Å². The molecule has 32 heavy (non-hydrogen) atoms. The van der Waals surface area contributed by atoms with Crippen LogP contribution >= 0.6 is 0 Å². The van der Waals surface area contributed by atoms with E-state index in [1.54, 1.807) is 6.92 Å². The van der Waals surface area contributed by atoms with E-state index in [1.165, 1.54) is 5.69 Å². The molecule has 2 atom stereocenters. The van der Waals surface area contributed by atoms with Gasteiger partial charge in [-0.3, -0.25) is 14.3 Å². The van der Waals surface area contributed by atoms with Crippen molar-refractivity contribution in [2.45, 2.75) is 66.3 Å². The van der Waals surface area contributed by atoms with Crippen molar-refractivity contribution in [1.82, 2.24) is 19.7 Å². The molecule has 2 aromatic rings. The van der Waals surface area contributed by atoms with Gasteiger partial charge in [-0.05, 0) is 67.1 Å². The van der Waals surface area contributed by atoms with E-state index in [9.17, 15) is 9.59 Å². The zero-order valence-corrected chi connectivity index (χ0v) is 19.6. The Kier molecular flexibility index (Phi) is 4.91. The third-order valence-corrected chi connectivity index (χ3v) is 7.77. The van der Waals surface area contributed by atoms with Crippen molar-refractivity contribution in [3.63, 3.8) is 0 Å². The molecule has 0 radical (unpaired) electrons. The van der Waals surface area contributed by atoms with E-state index in [4.69, 9.17) is 0 Å². The molecule has 0 unspecified atom stereocenters. The van der Waals surface area contributed by atoms with Crippen LogP contribution in [0, 0.1) is 23.7 Å². The SMILES string of the molecule is CC(=O)N1CC[C@]2(CC[C@H](C(=O)Nc3cc(-c4cnn5c4CC(C)(C)C5)c(C)cn3)C2)C1. The maximum Gasteiger partial charge on any atom is 0.228 e. The molecule has 1 spiro atoms. The number of aromatic nitrogens is 3. The number of hydrogen-bond acceptors (Lipinski definition) is 4. The van der Waals surface area contributed by atoms with Gasteiger partial charge >= 0.3 is 0 Å². The molecule has 5 rings (SSSR count). The first-order chi connectivity index (χ1) is 15.1. The molecule has 4 heterocycles. The number of anilines is 1. The summed E-state index contributed by atoms with van der Waals surface area (Å²) in [4.78, 5) is 31.2. The summed E-state index contributed by atoms with van der Waals surface area (Å²) in [6.45, 7) is 10.8. The van der Waals surface area contributed by atoms with Crippen molar-refractivity contribution < 1.29 is 9.59 Å². The molecule has 2 aliphatic heterocycles. The van der Waals surface area contributed by atoms with E-state index in [0.717, 1.165) is 68.4 Å². The molecule has 2 aromatic heterocycles. The van der Waals surface area contributed by atoms with Gasteiger partial charge < -0.3 is 10.2 Å². The Bertz CT molecular complexity index is 1090. The fraction of sp³-hybridized carbons (Fsp3) is 0.600. The number of fused-ring (bicyclic) bond motifs is 1. The molecule has 1 saturated carbocycles. The zero-order valence-electron chi connectivity index (χ0n) is 19.6. The van der Waals surface area contributed by atoms with Crippen LogP contribution in [0.15, 0.2) is 18.5 Å². The van der Waals surface area contributed by atoms with Gasteiger partial charge in [0.2, 0.25) is 11.8 Å². The van der Waals surface area contributed by atoms with Crippen molar-refractivity contribution in [1.29, 1.82) is 0 Å². The van der Waals surface area contributed by atoms with Gasteiger partial charge in [0, 0.05) is 49.9 Å². The Hall–Kier alpha value is -2.70. The number of likely N-dealkylation sites (tertiary alicyclic amines) is 1. The number of hydrogen-bond donors (Lipinski definition) is 1. The molecular weight excluding hydrogens is 402 g/mol. The maximum absolute atomic E-state index is 13.1. The molecule has 0 aromatic carbocycles. The van der Waals surface area contributed by atoms with Crippen molar-refractivity contribution in [3.05, 3.63) is 29.7 Å². The number of rotatable bonds is 3. The average molecular weight is 436 g/mol. The molecule has 7 heteroatoms. The molecule has 2 fully saturated rings. The molecule has 1 saturated heterocycles. The Morgan fingerprint density at radius 2 is 1.97 bits per heavy atom. The summed E-state index contributed by atoms with van der Waals surface area (Å²) in [6, 6.07) is 1.99. The highest BCUT2D eigenvalue weighted by Crippen LogP contribution is 2.48. The first-order valence-electron chi connectivity index (χ1n) is 11.7. The number of nitrogens with one attached hydrogen (secondary N) is 1. The first-order valence-corrected chi connectivity index (χ1v) is 11.7. The quantitative estimate of drug-likeness (QED) is 0.795. The Morgan fingerprint density at radius 3 is 2.72 bits per heavy atom. The number of nitrogens with zero attached hydrogens (tertiary/aromatic N) is 4. The molecule has 7 nitrogen and oxygen atoms in total. The largest absolute Gasteiger partial charge is 0.342 e.